The lowest BCUT2D eigenvalue weighted by atomic mass is 10.2. The number of hydrogen-bond donors (Lipinski definition) is 1. The van der Waals surface area contributed by atoms with Crippen LogP contribution in [0.3, 0.4) is 0 Å². The second kappa shape index (κ2) is 4.72. The van der Waals surface area contributed by atoms with E-state index >= 15 is 0 Å². The molecule has 0 unspecified atom stereocenters. The van der Waals surface area contributed by atoms with Gasteiger partial charge in [-0.25, -0.2) is 18.6 Å². The van der Waals surface area contributed by atoms with Crippen molar-refractivity contribution in [1.82, 2.24) is 4.98 Å². The number of aromatic nitrogens is 1. The average molecular weight is 256 g/mol. The molecule has 0 atom stereocenters. The van der Waals surface area contributed by atoms with Crippen molar-refractivity contribution in [3.8, 4) is 0 Å². The summed E-state index contributed by atoms with van der Waals surface area (Å²) in [7, 11) is 0. The fourth-order valence-electron chi connectivity index (χ4n) is 0.983. The van der Waals surface area contributed by atoms with Gasteiger partial charge in [0.25, 0.3) is 6.43 Å². The number of carbonyl (C=O) groups is 1. The van der Waals surface area contributed by atoms with Gasteiger partial charge < -0.3 is 5.11 Å². The van der Waals surface area contributed by atoms with Crippen LogP contribution in [0, 0.1) is 0 Å². The van der Waals surface area contributed by atoms with Crippen LogP contribution in [0.4, 0.5) is 8.78 Å². The number of pyridine rings is 1. The third-order valence-electron chi connectivity index (χ3n) is 1.65. The van der Waals surface area contributed by atoms with Crippen LogP contribution < -0.4 is 0 Å². The van der Waals surface area contributed by atoms with Crippen LogP contribution in [-0.2, 0) is 5.88 Å². The summed E-state index contributed by atoms with van der Waals surface area (Å²) in [6.07, 6.45) is -2.86. The fourth-order valence-corrected chi connectivity index (χ4v) is 1.42. The lowest BCUT2D eigenvalue weighted by Crippen LogP contribution is -2.06. The van der Waals surface area contributed by atoms with E-state index in [0.29, 0.717) is 0 Å². The van der Waals surface area contributed by atoms with E-state index in [1.807, 2.05) is 0 Å². The quantitative estimate of drug-likeness (QED) is 0.845. The number of carboxylic acids is 1. The maximum Gasteiger partial charge on any atom is 0.337 e. The van der Waals surface area contributed by atoms with Gasteiger partial charge in [-0.2, -0.15) is 0 Å². The lowest BCUT2D eigenvalue weighted by Gasteiger charge is -2.07. The lowest BCUT2D eigenvalue weighted by molar-refractivity contribution is 0.0694. The number of nitrogens with zero attached hydrogens (tertiary/aromatic N) is 1. The van der Waals surface area contributed by atoms with Crippen LogP contribution in [0.25, 0.3) is 0 Å². The summed E-state index contributed by atoms with van der Waals surface area (Å²) in [6, 6.07) is 0.927. The van der Waals surface area contributed by atoms with Crippen LogP contribution in [0.2, 0.25) is 5.02 Å². The van der Waals surface area contributed by atoms with Gasteiger partial charge in [0, 0.05) is 0 Å². The van der Waals surface area contributed by atoms with Crippen LogP contribution in [0.15, 0.2) is 6.07 Å². The summed E-state index contributed by atoms with van der Waals surface area (Å²) < 4.78 is 24.7. The smallest absolute Gasteiger partial charge is 0.337 e. The maximum atomic E-state index is 12.3. The molecule has 1 heterocycles. The minimum atomic E-state index is -2.86. The van der Waals surface area contributed by atoms with E-state index in [2.05, 4.69) is 4.98 Å². The van der Waals surface area contributed by atoms with Crippen molar-refractivity contribution in [2.45, 2.75) is 12.3 Å². The second-order valence-electron chi connectivity index (χ2n) is 2.59. The predicted molar refractivity (Wildman–Crippen MR) is 50.7 cm³/mol. The molecule has 0 bridgehead atoms. The molecule has 0 aliphatic heterocycles. The van der Waals surface area contributed by atoms with Gasteiger partial charge in [0.15, 0.2) is 0 Å². The van der Waals surface area contributed by atoms with E-state index in [4.69, 9.17) is 28.3 Å². The third-order valence-corrected chi connectivity index (χ3v) is 2.20. The number of alkyl halides is 3. The molecule has 1 N–H and O–H groups in total. The Bertz CT molecular complexity index is 398. The first-order valence-corrected chi connectivity index (χ1v) is 4.65. The van der Waals surface area contributed by atoms with Crippen LogP contribution >= 0.6 is 23.2 Å². The van der Waals surface area contributed by atoms with Gasteiger partial charge in [-0.15, -0.1) is 11.6 Å². The van der Waals surface area contributed by atoms with Gasteiger partial charge in [-0.1, -0.05) is 11.6 Å². The molecule has 3 nitrogen and oxygen atoms in total. The summed E-state index contributed by atoms with van der Waals surface area (Å²) >= 11 is 10.8. The highest BCUT2D eigenvalue weighted by Crippen LogP contribution is 2.27. The van der Waals surface area contributed by atoms with Crippen molar-refractivity contribution in [2.24, 2.45) is 0 Å². The van der Waals surface area contributed by atoms with Gasteiger partial charge in [0.05, 0.1) is 22.2 Å². The Balaban J connectivity index is 3.35. The largest absolute Gasteiger partial charge is 0.478 e. The average Bonchev–Trinajstić information content (AvgIpc) is 2.16. The highest BCUT2D eigenvalue weighted by atomic mass is 35.5. The summed E-state index contributed by atoms with van der Waals surface area (Å²) in [6.45, 7) is 0. The van der Waals surface area contributed by atoms with Gasteiger partial charge in [-0.05, 0) is 6.07 Å². The summed E-state index contributed by atoms with van der Waals surface area (Å²) in [5, 5.41) is 8.33. The molecule has 0 fully saturated rings. The molecule has 0 amide bonds. The molecule has 1 aromatic rings. The molecule has 0 radical (unpaired) electrons. The standard InChI is InChI=1S/C8H5Cl2F2NO2/c9-2-5-3(8(14)15)1-4(10)6(13-5)7(11)12/h1,7H,2H2,(H,14,15). The van der Waals surface area contributed by atoms with Gasteiger partial charge >= 0.3 is 5.97 Å². The van der Waals surface area contributed by atoms with E-state index in [-0.39, 0.29) is 22.2 Å². The van der Waals surface area contributed by atoms with Crippen molar-refractivity contribution in [1.29, 1.82) is 0 Å². The highest BCUT2D eigenvalue weighted by Gasteiger charge is 2.20. The molecular formula is C8H5Cl2F2NO2. The Labute approximate surface area is 93.6 Å². The van der Waals surface area contributed by atoms with Gasteiger partial charge in [0.1, 0.15) is 5.69 Å². The van der Waals surface area contributed by atoms with Crippen molar-refractivity contribution < 1.29 is 18.7 Å². The maximum absolute atomic E-state index is 12.3. The van der Waals surface area contributed by atoms with E-state index in [1.54, 1.807) is 0 Å². The zero-order chi connectivity index (χ0) is 11.6. The van der Waals surface area contributed by atoms with Crippen molar-refractivity contribution in [3.05, 3.63) is 28.0 Å². The molecule has 0 aromatic carbocycles. The summed E-state index contributed by atoms with van der Waals surface area (Å²) in [4.78, 5) is 14.1. The number of carboxylic acid groups (broad SMARTS) is 1. The molecule has 0 aliphatic carbocycles. The summed E-state index contributed by atoms with van der Waals surface area (Å²) in [5.41, 5.74) is -1.04. The first-order valence-electron chi connectivity index (χ1n) is 3.74. The van der Waals surface area contributed by atoms with Crippen LogP contribution in [0.1, 0.15) is 28.2 Å². The van der Waals surface area contributed by atoms with Crippen molar-refractivity contribution >= 4 is 29.2 Å². The minimum Gasteiger partial charge on any atom is -0.478 e. The first kappa shape index (κ1) is 12.1. The Morgan fingerprint density at radius 3 is 2.60 bits per heavy atom. The van der Waals surface area contributed by atoms with Gasteiger partial charge in [0.2, 0.25) is 0 Å². The number of rotatable bonds is 3. The van der Waals surface area contributed by atoms with Crippen LogP contribution in [0.5, 0.6) is 0 Å². The van der Waals surface area contributed by atoms with E-state index in [0.717, 1.165) is 6.07 Å². The Hall–Kier alpha value is -0.940. The molecule has 0 aliphatic rings. The zero-order valence-corrected chi connectivity index (χ0v) is 8.69. The second-order valence-corrected chi connectivity index (χ2v) is 3.26. The molecule has 0 spiro atoms. The fraction of sp³-hybridized carbons (Fsp3) is 0.250. The molecule has 0 saturated heterocycles. The monoisotopic (exact) mass is 255 g/mol. The summed E-state index contributed by atoms with van der Waals surface area (Å²) in [5.74, 6) is -1.57. The van der Waals surface area contributed by atoms with E-state index in [9.17, 15) is 13.6 Å². The topological polar surface area (TPSA) is 50.2 Å². The molecule has 15 heavy (non-hydrogen) atoms. The Morgan fingerprint density at radius 1 is 1.60 bits per heavy atom. The van der Waals surface area contributed by atoms with E-state index in [1.165, 1.54) is 0 Å². The highest BCUT2D eigenvalue weighted by molar-refractivity contribution is 6.31. The number of hydrogen-bond acceptors (Lipinski definition) is 2. The first-order chi connectivity index (χ1) is 6.97. The Morgan fingerprint density at radius 2 is 2.20 bits per heavy atom. The van der Waals surface area contributed by atoms with E-state index < -0.39 is 18.1 Å². The normalized spacial score (nSPS) is 10.7. The minimum absolute atomic E-state index is 0.121. The molecule has 1 aromatic heterocycles. The molecule has 1 rings (SSSR count). The number of aromatic carboxylic acids is 1. The molecule has 82 valence electrons. The molecule has 7 heteroatoms. The predicted octanol–water partition coefficient (Wildman–Crippen LogP) is 3.11. The Kier molecular flexibility index (Phi) is 3.82. The molecule has 0 saturated carbocycles. The van der Waals surface area contributed by atoms with Crippen LogP contribution in [-0.4, -0.2) is 16.1 Å². The molecular weight excluding hydrogens is 251 g/mol. The van der Waals surface area contributed by atoms with Gasteiger partial charge in [-0.3, -0.25) is 0 Å². The zero-order valence-electron chi connectivity index (χ0n) is 7.18. The van der Waals surface area contributed by atoms with Crippen molar-refractivity contribution in [3.63, 3.8) is 0 Å². The number of halogens is 4. The third kappa shape index (κ3) is 2.54. The van der Waals surface area contributed by atoms with Crippen molar-refractivity contribution in [2.75, 3.05) is 0 Å². The SMILES string of the molecule is O=C(O)c1cc(Cl)c(C(F)F)nc1CCl.